The molecule has 2 N–H and O–H groups in total. The fraction of sp³-hybridized carbons (Fsp3) is 0.476. The van der Waals surface area contributed by atoms with Crippen LogP contribution in [0.4, 0.5) is 9.18 Å². The van der Waals surface area contributed by atoms with Crippen LogP contribution in [0.3, 0.4) is 0 Å². The molecule has 1 aromatic heterocycles. The molecule has 1 atom stereocenters. The lowest BCUT2D eigenvalue weighted by Crippen LogP contribution is -2.43. The number of hydrogen-bond acceptors (Lipinski definition) is 5. The summed E-state index contributed by atoms with van der Waals surface area (Å²) in [6.07, 6.45) is 3.27. The van der Waals surface area contributed by atoms with Gasteiger partial charge in [-0.3, -0.25) is 19.1 Å². The number of nitrogens with zero attached hydrogens (tertiary/aromatic N) is 4. The third-order valence-corrected chi connectivity index (χ3v) is 5.90. The largest absolute Gasteiger partial charge is 0.354 e. The van der Waals surface area contributed by atoms with Gasteiger partial charge in [-0.2, -0.15) is 5.10 Å². The molecule has 0 saturated carbocycles. The van der Waals surface area contributed by atoms with Gasteiger partial charge in [0.1, 0.15) is 23.7 Å². The maximum atomic E-state index is 13.2. The van der Waals surface area contributed by atoms with Crippen LogP contribution in [0.5, 0.6) is 0 Å². The number of carbonyl (C=O) groups is 3. The normalized spacial score (nSPS) is 20.2. The van der Waals surface area contributed by atoms with Crippen molar-refractivity contribution >= 4 is 17.8 Å². The van der Waals surface area contributed by atoms with Crippen LogP contribution in [-0.2, 0) is 34.6 Å². The minimum Gasteiger partial charge on any atom is -0.354 e. The van der Waals surface area contributed by atoms with Crippen molar-refractivity contribution in [2.75, 3.05) is 13.1 Å². The van der Waals surface area contributed by atoms with E-state index in [2.05, 4.69) is 15.7 Å². The number of imide groups is 1. The lowest BCUT2D eigenvalue weighted by atomic mass is 9.92. The summed E-state index contributed by atoms with van der Waals surface area (Å²) in [7, 11) is 0. The van der Waals surface area contributed by atoms with Crippen molar-refractivity contribution in [2.45, 2.75) is 51.2 Å². The van der Waals surface area contributed by atoms with E-state index in [1.807, 2.05) is 0 Å². The van der Waals surface area contributed by atoms with Crippen molar-refractivity contribution in [3.63, 3.8) is 0 Å². The Kier molecular flexibility index (Phi) is 5.81. The van der Waals surface area contributed by atoms with Crippen LogP contribution < -0.4 is 16.3 Å². The molecule has 1 aromatic carbocycles. The topological polar surface area (TPSA) is 118 Å². The minimum absolute atomic E-state index is 0.134. The molecular weight excluding hydrogens is 419 g/mol. The Labute approximate surface area is 183 Å². The van der Waals surface area contributed by atoms with Crippen LogP contribution in [-0.4, -0.2) is 50.2 Å². The second-order valence-corrected chi connectivity index (χ2v) is 8.19. The Balaban J connectivity index is 1.29. The van der Waals surface area contributed by atoms with Gasteiger partial charge in [-0.1, -0.05) is 12.1 Å². The van der Waals surface area contributed by atoms with Crippen LogP contribution in [0.1, 0.15) is 37.6 Å². The maximum Gasteiger partial charge on any atom is 0.345 e. The minimum atomic E-state index is -1.37. The van der Waals surface area contributed by atoms with Gasteiger partial charge >= 0.3 is 11.7 Å². The van der Waals surface area contributed by atoms with Crippen molar-refractivity contribution in [2.24, 2.45) is 0 Å². The monoisotopic (exact) mass is 444 g/mol. The number of benzene rings is 1. The van der Waals surface area contributed by atoms with Crippen molar-refractivity contribution in [3.8, 4) is 0 Å². The van der Waals surface area contributed by atoms with Crippen LogP contribution in [0.25, 0.3) is 0 Å². The number of fused-ring (bicyclic) bond motifs is 1. The molecule has 1 saturated heterocycles. The molecule has 2 aromatic rings. The SMILES string of the molecule is C[C@@]1(c2ccc(F)cc2)NC(=O)N(CC(=O)NCCCn2nc3n(c2=O)CCCC3)C1=O. The van der Waals surface area contributed by atoms with Gasteiger partial charge in [0.25, 0.3) is 5.91 Å². The predicted octanol–water partition coefficient (Wildman–Crippen LogP) is 0.494. The lowest BCUT2D eigenvalue weighted by Gasteiger charge is -2.22. The highest BCUT2D eigenvalue weighted by Crippen LogP contribution is 2.28. The quantitative estimate of drug-likeness (QED) is 0.476. The van der Waals surface area contributed by atoms with Crippen LogP contribution >= 0.6 is 0 Å². The van der Waals surface area contributed by atoms with Crippen molar-refractivity contribution < 1.29 is 18.8 Å². The number of amides is 4. The molecule has 0 radical (unpaired) electrons. The Hall–Kier alpha value is -3.50. The first kappa shape index (κ1) is 21.7. The van der Waals surface area contributed by atoms with E-state index in [0.717, 1.165) is 30.0 Å². The second kappa shape index (κ2) is 8.56. The summed E-state index contributed by atoms with van der Waals surface area (Å²) < 4.78 is 16.3. The first-order valence-corrected chi connectivity index (χ1v) is 10.6. The number of hydrogen-bond donors (Lipinski definition) is 2. The van der Waals surface area contributed by atoms with Gasteiger partial charge in [0, 0.05) is 26.1 Å². The number of halogens is 1. The highest BCUT2D eigenvalue weighted by Gasteiger charge is 2.49. The van der Waals surface area contributed by atoms with E-state index in [-0.39, 0.29) is 12.2 Å². The Bertz CT molecular complexity index is 1110. The van der Waals surface area contributed by atoms with Gasteiger partial charge in [-0.05, 0) is 43.9 Å². The van der Waals surface area contributed by atoms with E-state index < -0.39 is 35.7 Å². The summed E-state index contributed by atoms with van der Waals surface area (Å²) in [5.41, 5.74) is -1.08. The van der Waals surface area contributed by atoms with E-state index in [1.54, 1.807) is 4.57 Å². The number of aryl methyl sites for hydroxylation is 2. The van der Waals surface area contributed by atoms with Gasteiger partial charge in [0.15, 0.2) is 0 Å². The molecule has 3 heterocycles. The second-order valence-electron chi connectivity index (χ2n) is 8.19. The molecule has 11 heteroatoms. The fourth-order valence-corrected chi connectivity index (χ4v) is 4.07. The lowest BCUT2D eigenvalue weighted by molar-refractivity contribution is -0.134. The van der Waals surface area contributed by atoms with Gasteiger partial charge in [-0.25, -0.2) is 18.7 Å². The van der Waals surface area contributed by atoms with Crippen LogP contribution in [0.2, 0.25) is 0 Å². The molecule has 10 nitrogen and oxygen atoms in total. The predicted molar refractivity (Wildman–Crippen MR) is 111 cm³/mol. The zero-order valence-corrected chi connectivity index (χ0v) is 17.8. The van der Waals surface area contributed by atoms with E-state index in [0.29, 0.717) is 25.1 Å². The van der Waals surface area contributed by atoms with Crippen LogP contribution in [0.15, 0.2) is 29.1 Å². The van der Waals surface area contributed by atoms with E-state index >= 15 is 0 Å². The third-order valence-electron chi connectivity index (χ3n) is 5.90. The van der Waals surface area contributed by atoms with Crippen molar-refractivity contribution in [1.82, 2.24) is 29.9 Å². The molecule has 0 spiro atoms. The standard InChI is InChI=1S/C21H25FN6O4/c1-21(14-6-8-15(22)9-7-14)18(30)27(19(31)24-21)13-17(29)23-10-4-12-28-20(32)26-11-3-2-5-16(26)25-28/h6-9H,2-5,10-13H2,1H3,(H,23,29)(H,24,31)/t21-/m0/s1. The third kappa shape index (κ3) is 4.02. The molecule has 170 valence electrons. The Morgan fingerprint density at radius 1 is 1.22 bits per heavy atom. The van der Waals surface area contributed by atoms with E-state index in [4.69, 9.17) is 0 Å². The van der Waals surface area contributed by atoms with Gasteiger partial charge < -0.3 is 10.6 Å². The number of aromatic nitrogens is 3. The Morgan fingerprint density at radius 3 is 2.69 bits per heavy atom. The van der Waals surface area contributed by atoms with E-state index in [9.17, 15) is 23.6 Å². The number of rotatable bonds is 7. The molecule has 4 rings (SSSR count). The molecular formula is C21H25FN6O4. The molecule has 2 aliphatic heterocycles. The maximum absolute atomic E-state index is 13.2. The first-order valence-electron chi connectivity index (χ1n) is 10.6. The highest BCUT2D eigenvalue weighted by molar-refractivity contribution is 6.09. The molecule has 0 bridgehead atoms. The van der Waals surface area contributed by atoms with Gasteiger partial charge in [0.2, 0.25) is 5.91 Å². The molecule has 2 aliphatic rings. The first-order chi connectivity index (χ1) is 15.3. The fourth-order valence-electron chi connectivity index (χ4n) is 4.07. The summed E-state index contributed by atoms with van der Waals surface area (Å²) in [6, 6.07) is 4.57. The highest BCUT2D eigenvalue weighted by atomic mass is 19.1. The van der Waals surface area contributed by atoms with Gasteiger partial charge in [0.05, 0.1) is 0 Å². The van der Waals surface area contributed by atoms with E-state index in [1.165, 1.54) is 35.9 Å². The smallest absolute Gasteiger partial charge is 0.345 e. The summed E-state index contributed by atoms with van der Waals surface area (Å²) in [4.78, 5) is 50.6. The molecule has 32 heavy (non-hydrogen) atoms. The molecule has 4 amide bonds. The van der Waals surface area contributed by atoms with Crippen molar-refractivity contribution in [3.05, 3.63) is 52.0 Å². The number of carbonyl (C=O) groups excluding carboxylic acids is 3. The zero-order chi connectivity index (χ0) is 22.9. The van der Waals surface area contributed by atoms with Gasteiger partial charge in [-0.15, -0.1) is 0 Å². The average molecular weight is 444 g/mol. The Morgan fingerprint density at radius 2 is 1.97 bits per heavy atom. The summed E-state index contributed by atoms with van der Waals surface area (Å²) >= 11 is 0. The van der Waals surface area contributed by atoms with Crippen LogP contribution in [0, 0.1) is 5.82 Å². The number of nitrogens with one attached hydrogen (secondary N) is 2. The molecule has 0 aliphatic carbocycles. The summed E-state index contributed by atoms with van der Waals surface area (Å²) in [5.74, 6) is -0.732. The van der Waals surface area contributed by atoms with Crippen molar-refractivity contribution in [1.29, 1.82) is 0 Å². The average Bonchev–Trinajstić information content (AvgIpc) is 3.21. The summed E-state index contributed by atoms with van der Waals surface area (Å²) in [6.45, 7) is 2.41. The number of urea groups is 1. The molecule has 1 fully saturated rings. The zero-order valence-electron chi connectivity index (χ0n) is 17.8. The summed E-state index contributed by atoms with van der Waals surface area (Å²) in [5, 5.41) is 9.59. The molecule has 0 unspecified atom stereocenters.